The second-order valence-electron chi connectivity index (χ2n) is 3.91. The lowest BCUT2D eigenvalue weighted by Crippen LogP contribution is -2.29. The number of benzene rings is 1. The Bertz CT molecular complexity index is 572. The van der Waals surface area contributed by atoms with E-state index in [2.05, 4.69) is 37.3 Å². The van der Waals surface area contributed by atoms with Crippen molar-refractivity contribution in [1.82, 2.24) is 5.43 Å². The summed E-state index contributed by atoms with van der Waals surface area (Å²) in [5, 5.41) is 0.150. The molecule has 2 nitrogen and oxygen atoms in total. The van der Waals surface area contributed by atoms with Crippen molar-refractivity contribution in [2.75, 3.05) is 0 Å². The van der Waals surface area contributed by atoms with E-state index in [4.69, 9.17) is 17.4 Å². The largest absolute Gasteiger partial charge is 0.271 e. The van der Waals surface area contributed by atoms with Crippen molar-refractivity contribution in [3.8, 4) is 0 Å². The number of hydrogen-bond acceptors (Lipinski definition) is 3. The Hall–Kier alpha value is 0.0200. The van der Waals surface area contributed by atoms with Crippen molar-refractivity contribution in [3.05, 3.63) is 53.8 Å². The van der Waals surface area contributed by atoms with Gasteiger partial charge in [-0.05, 0) is 56.0 Å². The van der Waals surface area contributed by atoms with E-state index in [0.717, 1.165) is 18.7 Å². The topological polar surface area (TPSA) is 38.0 Å². The van der Waals surface area contributed by atoms with Crippen molar-refractivity contribution in [3.63, 3.8) is 0 Å². The highest BCUT2D eigenvalue weighted by Crippen LogP contribution is 2.36. The van der Waals surface area contributed by atoms with Crippen LogP contribution in [0.4, 0.5) is 4.39 Å². The lowest BCUT2D eigenvalue weighted by Gasteiger charge is -2.15. The van der Waals surface area contributed by atoms with Gasteiger partial charge in [-0.3, -0.25) is 11.3 Å². The zero-order chi connectivity index (χ0) is 14.0. The van der Waals surface area contributed by atoms with Crippen LogP contribution in [0.3, 0.4) is 0 Å². The summed E-state index contributed by atoms with van der Waals surface area (Å²) in [5.41, 5.74) is 3.47. The van der Waals surface area contributed by atoms with Gasteiger partial charge in [-0.15, -0.1) is 11.3 Å². The third kappa shape index (κ3) is 3.56. The fourth-order valence-electron chi connectivity index (χ4n) is 1.70. The van der Waals surface area contributed by atoms with Crippen molar-refractivity contribution in [2.45, 2.75) is 12.5 Å². The van der Waals surface area contributed by atoms with Crippen molar-refractivity contribution in [1.29, 1.82) is 0 Å². The van der Waals surface area contributed by atoms with Crippen LogP contribution in [0.15, 0.2) is 32.5 Å². The Labute approximate surface area is 136 Å². The molecular formula is C12H10Br2ClFN2S. The van der Waals surface area contributed by atoms with Crippen molar-refractivity contribution in [2.24, 2.45) is 5.84 Å². The molecule has 0 radical (unpaired) electrons. The molecule has 3 N–H and O–H groups in total. The maximum Gasteiger partial charge on any atom is 0.142 e. The first-order valence-corrected chi connectivity index (χ1v) is 8.14. The van der Waals surface area contributed by atoms with Crippen LogP contribution < -0.4 is 11.3 Å². The molecule has 0 aliphatic heterocycles. The molecule has 1 heterocycles. The third-order valence-corrected chi connectivity index (χ3v) is 6.46. The molecule has 2 rings (SSSR count). The smallest absolute Gasteiger partial charge is 0.142 e. The number of rotatable bonds is 4. The molecule has 2 aromatic rings. The standard InChI is InChI=1S/C12H10Br2ClFN2S/c13-7-5-10(19-12(7)14)9(18-17)4-6-2-1-3-8(16)11(6)15/h1-3,5,9,18H,4,17H2. The quantitative estimate of drug-likeness (QED) is 0.542. The highest BCUT2D eigenvalue weighted by molar-refractivity contribution is 9.13. The van der Waals surface area contributed by atoms with Crippen LogP contribution in [0.25, 0.3) is 0 Å². The number of hydrazine groups is 1. The Kier molecular flexibility index (Phi) is 5.39. The molecule has 1 aromatic carbocycles. The molecule has 1 atom stereocenters. The van der Waals surface area contributed by atoms with Crippen molar-refractivity contribution < 1.29 is 4.39 Å². The van der Waals surface area contributed by atoms with E-state index in [-0.39, 0.29) is 11.1 Å². The van der Waals surface area contributed by atoms with Crippen LogP contribution in [0.5, 0.6) is 0 Å². The normalized spacial score (nSPS) is 12.7. The van der Waals surface area contributed by atoms with E-state index in [0.29, 0.717) is 6.42 Å². The molecule has 0 saturated heterocycles. The summed E-state index contributed by atoms with van der Waals surface area (Å²) in [5.74, 6) is 5.18. The number of thiophene rings is 1. The summed E-state index contributed by atoms with van der Waals surface area (Å²) < 4.78 is 15.4. The summed E-state index contributed by atoms with van der Waals surface area (Å²) in [6, 6.07) is 6.64. The maximum absolute atomic E-state index is 13.4. The van der Waals surface area contributed by atoms with E-state index in [1.54, 1.807) is 23.5 Å². The van der Waals surface area contributed by atoms with E-state index in [1.807, 2.05) is 6.07 Å². The SMILES string of the molecule is NNC(Cc1cccc(F)c1Cl)c1cc(Br)c(Br)s1. The van der Waals surface area contributed by atoms with Gasteiger partial charge in [0.25, 0.3) is 0 Å². The summed E-state index contributed by atoms with van der Waals surface area (Å²) in [4.78, 5) is 1.04. The Balaban J connectivity index is 2.26. The predicted molar refractivity (Wildman–Crippen MR) is 84.9 cm³/mol. The summed E-state index contributed by atoms with van der Waals surface area (Å²) >= 11 is 14.4. The van der Waals surface area contributed by atoms with E-state index < -0.39 is 5.82 Å². The summed E-state index contributed by atoms with van der Waals surface area (Å²) in [6.07, 6.45) is 0.520. The first-order valence-electron chi connectivity index (χ1n) is 5.36. The molecule has 0 fully saturated rings. The van der Waals surface area contributed by atoms with Gasteiger partial charge in [0.05, 0.1) is 14.9 Å². The minimum Gasteiger partial charge on any atom is -0.271 e. The second kappa shape index (κ2) is 6.65. The van der Waals surface area contributed by atoms with Gasteiger partial charge >= 0.3 is 0 Å². The average Bonchev–Trinajstić information content (AvgIpc) is 2.71. The average molecular weight is 429 g/mol. The van der Waals surface area contributed by atoms with E-state index in [9.17, 15) is 4.39 Å². The van der Waals surface area contributed by atoms with Gasteiger partial charge in [0.2, 0.25) is 0 Å². The maximum atomic E-state index is 13.4. The van der Waals surface area contributed by atoms with E-state index in [1.165, 1.54) is 6.07 Å². The van der Waals surface area contributed by atoms with Gasteiger partial charge in [-0.2, -0.15) is 0 Å². The molecule has 7 heteroatoms. The van der Waals surface area contributed by atoms with Crippen LogP contribution in [0.2, 0.25) is 5.02 Å². The zero-order valence-corrected chi connectivity index (χ0v) is 14.3. The molecule has 1 aromatic heterocycles. The second-order valence-corrected chi connectivity index (χ2v) is 7.54. The molecule has 102 valence electrons. The molecule has 0 aliphatic rings. The number of nitrogens with two attached hydrogens (primary N) is 1. The minimum atomic E-state index is -0.413. The molecule has 0 saturated carbocycles. The first-order chi connectivity index (χ1) is 9.02. The molecule has 19 heavy (non-hydrogen) atoms. The minimum absolute atomic E-state index is 0.119. The van der Waals surface area contributed by atoms with E-state index >= 15 is 0 Å². The molecular weight excluding hydrogens is 418 g/mol. The Morgan fingerprint density at radius 2 is 2.16 bits per heavy atom. The molecule has 0 spiro atoms. The van der Waals surface area contributed by atoms with Crippen LogP contribution in [-0.4, -0.2) is 0 Å². The highest BCUT2D eigenvalue weighted by atomic mass is 79.9. The van der Waals surface area contributed by atoms with Gasteiger partial charge in [-0.1, -0.05) is 23.7 Å². The van der Waals surface area contributed by atoms with Gasteiger partial charge < -0.3 is 0 Å². The van der Waals surface area contributed by atoms with Crippen LogP contribution >= 0.6 is 54.8 Å². The summed E-state index contributed by atoms with van der Waals surface area (Å²) in [7, 11) is 0. The zero-order valence-electron chi connectivity index (χ0n) is 9.59. The Morgan fingerprint density at radius 3 is 2.74 bits per heavy atom. The molecule has 0 amide bonds. The van der Waals surface area contributed by atoms with Gasteiger partial charge in [0.15, 0.2) is 0 Å². The first kappa shape index (κ1) is 15.4. The lowest BCUT2D eigenvalue weighted by molar-refractivity contribution is 0.557. The highest BCUT2D eigenvalue weighted by Gasteiger charge is 2.17. The van der Waals surface area contributed by atoms with Crippen molar-refractivity contribution >= 4 is 54.8 Å². The third-order valence-electron chi connectivity index (χ3n) is 2.66. The van der Waals surface area contributed by atoms with Crippen LogP contribution in [0, 0.1) is 5.82 Å². The van der Waals surface area contributed by atoms with Gasteiger partial charge in [-0.25, -0.2) is 4.39 Å². The van der Waals surface area contributed by atoms with Crippen LogP contribution in [0.1, 0.15) is 16.5 Å². The Morgan fingerprint density at radius 1 is 1.42 bits per heavy atom. The fourth-order valence-corrected chi connectivity index (χ4v) is 4.06. The lowest BCUT2D eigenvalue weighted by atomic mass is 10.0. The van der Waals surface area contributed by atoms with Gasteiger partial charge in [0.1, 0.15) is 5.82 Å². The number of halogens is 4. The summed E-state index contributed by atoms with van der Waals surface area (Å²) in [6.45, 7) is 0. The predicted octanol–water partition coefficient (Wildman–Crippen LogP) is 4.81. The molecule has 0 aliphatic carbocycles. The fraction of sp³-hybridized carbons (Fsp3) is 0.167. The molecule has 0 bridgehead atoms. The monoisotopic (exact) mass is 426 g/mol. The van der Waals surface area contributed by atoms with Gasteiger partial charge in [0, 0.05) is 9.35 Å². The molecule has 1 unspecified atom stereocenters. The number of hydrogen-bond donors (Lipinski definition) is 2. The van der Waals surface area contributed by atoms with Crippen LogP contribution in [-0.2, 0) is 6.42 Å². The number of nitrogens with one attached hydrogen (secondary N) is 1.